The van der Waals surface area contributed by atoms with Crippen molar-refractivity contribution in [2.45, 2.75) is 0 Å². The maximum atomic E-state index is 9.19. The number of fused-ring (bicyclic) bond motifs is 1. The molecule has 0 saturated carbocycles. The summed E-state index contributed by atoms with van der Waals surface area (Å²) in [7, 11) is 1.61. The lowest BCUT2D eigenvalue weighted by atomic mass is 10.2. The third-order valence-electron chi connectivity index (χ3n) is 1.87. The predicted octanol–water partition coefficient (Wildman–Crippen LogP) is 2.37. The SMILES string of the molecule is COc1ccc2ncc(O)cc2c1.Cl. The van der Waals surface area contributed by atoms with Crippen LogP contribution >= 0.6 is 12.4 Å². The van der Waals surface area contributed by atoms with Gasteiger partial charge in [0.1, 0.15) is 11.5 Å². The summed E-state index contributed by atoms with van der Waals surface area (Å²) < 4.78 is 5.05. The Kier molecular flexibility index (Phi) is 3.14. The molecule has 2 rings (SSSR count). The van der Waals surface area contributed by atoms with Crippen LogP contribution in [0.4, 0.5) is 0 Å². The first-order valence-corrected chi connectivity index (χ1v) is 3.92. The van der Waals surface area contributed by atoms with E-state index in [4.69, 9.17) is 4.74 Å². The lowest BCUT2D eigenvalue weighted by Gasteiger charge is -2.01. The average molecular weight is 212 g/mol. The molecular weight excluding hydrogens is 202 g/mol. The second-order valence-corrected chi connectivity index (χ2v) is 2.75. The van der Waals surface area contributed by atoms with E-state index >= 15 is 0 Å². The van der Waals surface area contributed by atoms with E-state index in [0.717, 1.165) is 16.7 Å². The van der Waals surface area contributed by atoms with Gasteiger partial charge in [-0.2, -0.15) is 0 Å². The van der Waals surface area contributed by atoms with Gasteiger partial charge in [0.05, 0.1) is 18.8 Å². The fourth-order valence-corrected chi connectivity index (χ4v) is 1.23. The van der Waals surface area contributed by atoms with E-state index in [2.05, 4.69) is 4.98 Å². The molecule has 0 fully saturated rings. The number of aromatic hydroxyl groups is 1. The van der Waals surface area contributed by atoms with Crippen LogP contribution in [0.25, 0.3) is 10.9 Å². The van der Waals surface area contributed by atoms with E-state index in [0.29, 0.717) is 0 Å². The van der Waals surface area contributed by atoms with Crippen molar-refractivity contribution in [1.82, 2.24) is 4.98 Å². The molecule has 0 spiro atoms. The highest BCUT2D eigenvalue weighted by Crippen LogP contribution is 2.21. The van der Waals surface area contributed by atoms with Crippen molar-refractivity contribution in [2.24, 2.45) is 0 Å². The molecule has 2 aromatic rings. The number of nitrogens with zero attached hydrogens (tertiary/aromatic N) is 1. The topological polar surface area (TPSA) is 42.4 Å². The summed E-state index contributed by atoms with van der Waals surface area (Å²) in [4.78, 5) is 4.05. The minimum Gasteiger partial charge on any atom is -0.506 e. The number of hydrogen-bond acceptors (Lipinski definition) is 3. The van der Waals surface area contributed by atoms with Gasteiger partial charge >= 0.3 is 0 Å². The van der Waals surface area contributed by atoms with Crippen LogP contribution in [0.1, 0.15) is 0 Å². The smallest absolute Gasteiger partial charge is 0.134 e. The van der Waals surface area contributed by atoms with Crippen LogP contribution in [-0.4, -0.2) is 17.2 Å². The van der Waals surface area contributed by atoms with Gasteiger partial charge in [-0.3, -0.25) is 4.98 Å². The number of halogens is 1. The van der Waals surface area contributed by atoms with Crippen molar-refractivity contribution >= 4 is 23.3 Å². The Morgan fingerprint density at radius 2 is 2.07 bits per heavy atom. The maximum absolute atomic E-state index is 9.19. The molecule has 0 atom stereocenters. The number of aromatic nitrogens is 1. The van der Waals surface area contributed by atoms with Crippen LogP contribution in [0.2, 0.25) is 0 Å². The van der Waals surface area contributed by atoms with Crippen LogP contribution < -0.4 is 4.74 Å². The van der Waals surface area contributed by atoms with Gasteiger partial charge < -0.3 is 9.84 Å². The molecule has 0 aliphatic heterocycles. The molecule has 0 amide bonds. The third-order valence-corrected chi connectivity index (χ3v) is 1.87. The van der Waals surface area contributed by atoms with Gasteiger partial charge in [0, 0.05) is 5.39 Å². The number of methoxy groups -OCH3 is 1. The summed E-state index contributed by atoms with van der Waals surface area (Å²) in [6.07, 6.45) is 1.43. The van der Waals surface area contributed by atoms with Crippen LogP contribution in [0.3, 0.4) is 0 Å². The average Bonchev–Trinajstić information content (AvgIpc) is 2.16. The standard InChI is InChI=1S/C10H9NO2.ClH/c1-13-9-2-3-10-7(5-9)4-8(12)6-11-10;/h2-6,12H,1H3;1H. The van der Waals surface area contributed by atoms with E-state index in [1.165, 1.54) is 6.20 Å². The molecule has 0 saturated heterocycles. The lowest BCUT2D eigenvalue weighted by Crippen LogP contribution is -1.83. The zero-order valence-corrected chi connectivity index (χ0v) is 8.41. The van der Waals surface area contributed by atoms with E-state index in [-0.39, 0.29) is 18.2 Å². The summed E-state index contributed by atoms with van der Waals surface area (Å²) in [6, 6.07) is 7.19. The Bertz CT molecular complexity index is 445. The van der Waals surface area contributed by atoms with E-state index < -0.39 is 0 Å². The second kappa shape index (κ2) is 4.15. The molecule has 0 radical (unpaired) electrons. The molecular formula is C10H10ClNO2. The number of ether oxygens (including phenoxy) is 1. The van der Waals surface area contributed by atoms with Crippen molar-refractivity contribution in [2.75, 3.05) is 7.11 Å². The minimum absolute atomic E-state index is 0. The first-order chi connectivity index (χ1) is 6.29. The Labute approximate surface area is 87.8 Å². The summed E-state index contributed by atoms with van der Waals surface area (Å²) in [5.74, 6) is 0.931. The van der Waals surface area contributed by atoms with Crippen molar-refractivity contribution in [3.8, 4) is 11.5 Å². The molecule has 1 N–H and O–H groups in total. The summed E-state index contributed by atoms with van der Waals surface area (Å²) in [5, 5.41) is 10.1. The molecule has 3 nitrogen and oxygen atoms in total. The number of rotatable bonds is 1. The molecule has 0 bridgehead atoms. The van der Waals surface area contributed by atoms with Crippen molar-refractivity contribution in [3.05, 3.63) is 30.5 Å². The molecule has 74 valence electrons. The Morgan fingerprint density at radius 3 is 2.79 bits per heavy atom. The van der Waals surface area contributed by atoms with E-state index in [1.807, 2.05) is 18.2 Å². The summed E-state index contributed by atoms with van der Waals surface area (Å²) >= 11 is 0. The highest BCUT2D eigenvalue weighted by Gasteiger charge is 1.98. The maximum Gasteiger partial charge on any atom is 0.134 e. The van der Waals surface area contributed by atoms with Gasteiger partial charge in [0.25, 0.3) is 0 Å². The van der Waals surface area contributed by atoms with Gasteiger partial charge in [-0.15, -0.1) is 12.4 Å². The highest BCUT2D eigenvalue weighted by molar-refractivity contribution is 5.85. The van der Waals surface area contributed by atoms with Crippen LogP contribution in [-0.2, 0) is 0 Å². The Balaban J connectivity index is 0.000000980. The molecule has 1 aromatic heterocycles. The fourth-order valence-electron chi connectivity index (χ4n) is 1.23. The monoisotopic (exact) mass is 211 g/mol. The normalized spacial score (nSPS) is 9.50. The van der Waals surface area contributed by atoms with Gasteiger partial charge in [-0.25, -0.2) is 0 Å². The van der Waals surface area contributed by atoms with E-state index in [9.17, 15) is 5.11 Å². The highest BCUT2D eigenvalue weighted by atomic mass is 35.5. The fraction of sp³-hybridized carbons (Fsp3) is 0.100. The first-order valence-electron chi connectivity index (χ1n) is 3.92. The predicted molar refractivity (Wildman–Crippen MR) is 57.2 cm³/mol. The number of hydrogen-bond donors (Lipinski definition) is 1. The van der Waals surface area contributed by atoms with Crippen LogP contribution in [0, 0.1) is 0 Å². The minimum atomic E-state index is 0. The second-order valence-electron chi connectivity index (χ2n) is 2.75. The molecule has 14 heavy (non-hydrogen) atoms. The molecule has 0 aliphatic rings. The molecule has 1 heterocycles. The van der Waals surface area contributed by atoms with Crippen molar-refractivity contribution in [3.63, 3.8) is 0 Å². The van der Waals surface area contributed by atoms with Crippen molar-refractivity contribution < 1.29 is 9.84 Å². The number of benzene rings is 1. The van der Waals surface area contributed by atoms with Crippen LogP contribution in [0.15, 0.2) is 30.5 Å². The Morgan fingerprint density at radius 1 is 1.29 bits per heavy atom. The lowest BCUT2D eigenvalue weighted by molar-refractivity contribution is 0.415. The van der Waals surface area contributed by atoms with Crippen molar-refractivity contribution in [1.29, 1.82) is 0 Å². The van der Waals surface area contributed by atoms with Crippen LogP contribution in [0.5, 0.6) is 11.5 Å². The van der Waals surface area contributed by atoms with Gasteiger partial charge in [-0.05, 0) is 24.3 Å². The quantitative estimate of drug-likeness (QED) is 0.788. The first kappa shape index (κ1) is 10.6. The molecule has 0 aliphatic carbocycles. The Hall–Kier alpha value is -1.48. The van der Waals surface area contributed by atoms with Gasteiger partial charge in [0.2, 0.25) is 0 Å². The zero-order chi connectivity index (χ0) is 9.26. The third kappa shape index (κ3) is 1.88. The number of pyridine rings is 1. The molecule has 4 heteroatoms. The van der Waals surface area contributed by atoms with Gasteiger partial charge in [0.15, 0.2) is 0 Å². The molecule has 0 unspecified atom stereocenters. The summed E-state index contributed by atoms with van der Waals surface area (Å²) in [6.45, 7) is 0. The molecule has 1 aromatic carbocycles. The summed E-state index contributed by atoms with van der Waals surface area (Å²) in [5.41, 5.74) is 0.846. The van der Waals surface area contributed by atoms with Gasteiger partial charge in [-0.1, -0.05) is 0 Å². The zero-order valence-electron chi connectivity index (χ0n) is 7.60. The van der Waals surface area contributed by atoms with E-state index in [1.54, 1.807) is 13.2 Å². The largest absolute Gasteiger partial charge is 0.506 e.